The first-order valence-corrected chi connectivity index (χ1v) is 15.0. The molecule has 4 aliphatic rings. The third-order valence-electron chi connectivity index (χ3n) is 10.1. The van der Waals surface area contributed by atoms with Crippen LogP contribution in [0.4, 0.5) is 0 Å². The van der Waals surface area contributed by atoms with Crippen molar-refractivity contribution < 1.29 is 14.3 Å². The first-order chi connectivity index (χ1) is 19.0. The van der Waals surface area contributed by atoms with Gasteiger partial charge in [0.05, 0.1) is 12.5 Å². The van der Waals surface area contributed by atoms with Gasteiger partial charge in [0.25, 0.3) is 0 Å². The number of nitrogens with zero attached hydrogens (tertiary/aromatic N) is 3. The standard InChI is InChI=1S/C33H43N3O3/c1-39-29-13-11-25(12-14-29)21-35-20-17-33(32(35)38)15-18-34(19-16-33)22-28-23-36(31(37)27-9-5-6-10-27)24-30(28)26-7-3-2-4-8-26/h2-4,7-8,11-14,27-28,30H,5-6,9-10,15-24H2,1H3. The van der Waals surface area contributed by atoms with Crippen LogP contribution in [-0.4, -0.2) is 72.9 Å². The number of carbonyl (C=O) groups is 2. The highest BCUT2D eigenvalue weighted by molar-refractivity contribution is 5.85. The molecule has 0 aromatic heterocycles. The number of ether oxygens (including phenoxy) is 1. The van der Waals surface area contributed by atoms with Crippen LogP contribution in [0.3, 0.4) is 0 Å². The van der Waals surface area contributed by atoms with Gasteiger partial charge in [-0.3, -0.25) is 9.59 Å². The molecule has 2 aromatic rings. The van der Waals surface area contributed by atoms with Crippen molar-refractivity contribution in [3.8, 4) is 5.75 Å². The van der Waals surface area contributed by atoms with Gasteiger partial charge >= 0.3 is 0 Å². The van der Waals surface area contributed by atoms with Crippen LogP contribution in [-0.2, 0) is 16.1 Å². The highest BCUT2D eigenvalue weighted by Crippen LogP contribution is 2.43. The molecule has 6 heteroatoms. The van der Waals surface area contributed by atoms with Crippen molar-refractivity contribution in [2.24, 2.45) is 17.3 Å². The van der Waals surface area contributed by atoms with Crippen LogP contribution >= 0.6 is 0 Å². The Hall–Kier alpha value is -2.86. The zero-order valence-electron chi connectivity index (χ0n) is 23.4. The zero-order valence-corrected chi connectivity index (χ0v) is 23.4. The lowest BCUT2D eigenvalue weighted by molar-refractivity contribution is -0.139. The summed E-state index contributed by atoms with van der Waals surface area (Å²) >= 11 is 0. The molecule has 0 N–H and O–H groups in total. The summed E-state index contributed by atoms with van der Waals surface area (Å²) in [7, 11) is 1.68. The Bertz CT molecular complexity index is 1140. The van der Waals surface area contributed by atoms with Crippen molar-refractivity contribution in [1.82, 2.24) is 14.7 Å². The molecule has 2 unspecified atom stereocenters. The lowest BCUT2D eigenvalue weighted by Crippen LogP contribution is -2.46. The normalized spacial score (nSPS) is 25.6. The van der Waals surface area contributed by atoms with E-state index < -0.39 is 0 Å². The predicted molar refractivity (Wildman–Crippen MR) is 152 cm³/mol. The number of likely N-dealkylation sites (tertiary alicyclic amines) is 3. The maximum absolute atomic E-state index is 13.6. The summed E-state index contributed by atoms with van der Waals surface area (Å²) < 4.78 is 5.28. The number of piperidine rings is 1. The quantitative estimate of drug-likeness (QED) is 0.510. The predicted octanol–water partition coefficient (Wildman–Crippen LogP) is 4.94. The molecule has 3 aliphatic heterocycles. The number of carbonyl (C=O) groups excluding carboxylic acids is 2. The molecule has 3 heterocycles. The van der Waals surface area contributed by atoms with Gasteiger partial charge in [-0.25, -0.2) is 0 Å². The van der Waals surface area contributed by atoms with E-state index in [9.17, 15) is 9.59 Å². The maximum Gasteiger partial charge on any atom is 0.229 e. The number of amides is 2. The molecule has 39 heavy (non-hydrogen) atoms. The van der Waals surface area contributed by atoms with Crippen LogP contribution in [0, 0.1) is 17.3 Å². The number of rotatable bonds is 7. The van der Waals surface area contributed by atoms with Crippen LogP contribution < -0.4 is 4.74 Å². The van der Waals surface area contributed by atoms with Crippen molar-refractivity contribution in [2.45, 2.75) is 57.4 Å². The molecule has 2 atom stereocenters. The Morgan fingerprint density at radius 3 is 2.31 bits per heavy atom. The molecule has 1 aliphatic carbocycles. The van der Waals surface area contributed by atoms with E-state index in [1.165, 1.54) is 18.4 Å². The lowest BCUT2D eigenvalue weighted by Gasteiger charge is -2.39. The minimum Gasteiger partial charge on any atom is -0.497 e. The number of methoxy groups -OCH3 is 1. The van der Waals surface area contributed by atoms with Gasteiger partial charge < -0.3 is 19.4 Å². The fraction of sp³-hybridized carbons (Fsp3) is 0.576. The van der Waals surface area contributed by atoms with Crippen LogP contribution in [0.1, 0.15) is 62.0 Å². The number of hydrogen-bond acceptors (Lipinski definition) is 4. The average molecular weight is 530 g/mol. The van der Waals surface area contributed by atoms with Crippen molar-refractivity contribution in [2.75, 3.05) is 46.4 Å². The van der Waals surface area contributed by atoms with Gasteiger partial charge in [0.2, 0.25) is 11.8 Å². The van der Waals surface area contributed by atoms with Gasteiger partial charge in [-0.05, 0) is 74.4 Å². The second-order valence-corrected chi connectivity index (χ2v) is 12.4. The summed E-state index contributed by atoms with van der Waals surface area (Å²) in [6.45, 7) is 6.19. The third-order valence-corrected chi connectivity index (χ3v) is 10.1. The Kier molecular flexibility index (Phi) is 7.66. The topological polar surface area (TPSA) is 53.1 Å². The molecule has 6 nitrogen and oxygen atoms in total. The van der Waals surface area contributed by atoms with E-state index in [0.29, 0.717) is 30.2 Å². The van der Waals surface area contributed by atoms with E-state index in [-0.39, 0.29) is 11.3 Å². The molecular weight excluding hydrogens is 486 g/mol. The maximum atomic E-state index is 13.6. The Labute approximate surface area is 233 Å². The summed E-state index contributed by atoms with van der Waals surface area (Å²) in [6.07, 6.45) is 7.37. The van der Waals surface area contributed by atoms with Crippen molar-refractivity contribution in [3.05, 3.63) is 65.7 Å². The van der Waals surface area contributed by atoms with E-state index >= 15 is 0 Å². The molecule has 2 aromatic carbocycles. The first-order valence-electron chi connectivity index (χ1n) is 15.0. The monoisotopic (exact) mass is 529 g/mol. The summed E-state index contributed by atoms with van der Waals surface area (Å²) in [5.74, 6) is 2.65. The SMILES string of the molecule is COc1ccc(CN2CCC3(CCN(CC4CN(C(=O)C5CCCC5)CC4c4ccccc4)CC3)C2=O)cc1. The Morgan fingerprint density at radius 2 is 1.62 bits per heavy atom. The Morgan fingerprint density at radius 1 is 0.923 bits per heavy atom. The van der Waals surface area contributed by atoms with Crippen molar-refractivity contribution in [1.29, 1.82) is 0 Å². The first kappa shape index (κ1) is 26.4. The van der Waals surface area contributed by atoms with Crippen LogP contribution in [0.25, 0.3) is 0 Å². The largest absolute Gasteiger partial charge is 0.497 e. The Balaban J connectivity index is 1.07. The second-order valence-electron chi connectivity index (χ2n) is 12.4. The summed E-state index contributed by atoms with van der Waals surface area (Å²) in [5, 5.41) is 0. The molecule has 0 radical (unpaired) electrons. The van der Waals surface area contributed by atoms with Crippen molar-refractivity contribution in [3.63, 3.8) is 0 Å². The minimum absolute atomic E-state index is 0.193. The van der Waals surface area contributed by atoms with Gasteiger partial charge in [0, 0.05) is 44.6 Å². The average Bonchev–Trinajstić information content (AvgIpc) is 3.73. The van der Waals surface area contributed by atoms with Gasteiger partial charge in [-0.1, -0.05) is 55.3 Å². The molecule has 0 bridgehead atoms. The fourth-order valence-corrected chi connectivity index (χ4v) is 7.70. The summed E-state index contributed by atoms with van der Waals surface area (Å²) in [6, 6.07) is 18.9. The van der Waals surface area contributed by atoms with E-state index in [0.717, 1.165) is 82.7 Å². The van der Waals surface area contributed by atoms with Gasteiger partial charge in [0.15, 0.2) is 0 Å². The highest BCUT2D eigenvalue weighted by atomic mass is 16.5. The smallest absolute Gasteiger partial charge is 0.229 e. The molecule has 1 spiro atoms. The second kappa shape index (κ2) is 11.3. The molecule has 4 fully saturated rings. The molecule has 2 amide bonds. The minimum atomic E-state index is -0.193. The van der Waals surface area contributed by atoms with Gasteiger partial charge in [-0.2, -0.15) is 0 Å². The highest BCUT2D eigenvalue weighted by Gasteiger charge is 2.48. The lowest BCUT2D eigenvalue weighted by atomic mass is 9.76. The van der Waals surface area contributed by atoms with Crippen LogP contribution in [0.5, 0.6) is 5.75 Å². The van der Waals surface area contributed by atoms with E-state index in [2.05, 4.69) is 57.2 Å². The van der Waals surface area contributed by atoms with Crippen LogP contribution in [0.15, 0.2) is 54.6 Å². The van der Waals surface area contributed by atoms with E-state index in [1.54, 1.807) is 7.11 Å². The zero-order chi connectivity index (χ0) is 26.8. The van der Waals surface area contributed by atoms with Gasteiger partial charge in [-0.15, -0.1) is 0 Å². The van der Waals surface area contributed by atoms with Gasteiger partial charge in [0.1, 0.15) is 5.75 Å². The molecule has 1 saturated carbocycles. The van der Waals surface area contributed by atoms with E-state index in [4.69, 9.17) is 4.74 Å². The molecule has 208 valence electrons. The number of benzene rings is 2. The summed E-state index contributed by atoms with van der Waals surface area (Å²) in [4.78, 5) is 33.7. The molecule has 3 saturated heterocycles. The number of hydrogen-bond donors (Lipinski definition) is 0. The van der Waals surface area contributed by atoms with Crippen molar-refractivity contribution >= 4 is 11.8 Å². The molecule has 6 rings (SSSR count). The molecular formula is C33H43N3O3. The van der Waals surface area contributed by atoms with E-state index in [1.807, 2.05) is 12.1 Å². The van der Waals surface area contributed by atoms with Crippen LogP contribution in [0.2, 0.25) is 0 Å². The summed E-state index contributed by atoms with van der Waals surface area (Å²) in [5.41, 5.74) is 2.32. The fourth-order valence-electron chi connectivity index (χ4n) is 7.70. The third kappa shape index (κ3) is 5.45.